The molecule has 0 spiro atoms. The highest BCUT2D eigenvalue weighted by atomic mass is 35.5. The molecule has 1 saturated heterocycles. The number of carbonyl (C=O) groups is 1. The number of nitrogens with one attached hydrogen (secondary N) is 2. The maximum absolute atomic E-state index is 14.6. The number of hydrogen-bond acceptors (Lipinski definition) is 10. The van der Waals surface area contributed by atoms with Crippen LogP contribution in [0.1, 0.15) is 61.9 Å². The zero-order valence-corrected chi connectivity index (χ0v) is 39.2. The molecule has 1 amide bonds. The SMILES string of the molecule is CCN(CC)CC[C@H](CSc1ccccc1)Nc1ccc(S(=O)(=O)NC(=O)c2ccc(N3CCN(C4C5=C(c6ccc(Cl)cc6)C4CCCC5)CC3)cc2)cc1S(=O)(=O)C(F)(F)Cl. The van der Waals surface area contributed by atoms with Gasteiger partial charge in [0.1, 0.15) is 0 Å². The van der Waals surface area contributed by atoms with E-state index in [0.29, 0.717) is 36.7 Å². The number of alkyl halides is 3. The summed E-state index contributed by atoms with van der Waals surface area (Å²) in [6.07, 6.45) is 5.22. The maximum atomic E-state index is 14.6. The van der Waals surface area contributed by atoms with Gasteiger partial charge in [-0.25, -0.2) is 21.6 Å². The Bertz CT molecular complexity index is 2480. The Labute approximate surface area is 384 Å². The van der Waals surface area contributed by atoms with Gasteiger partial charge in [-0.2, -0.15) is 8.78 Å². The Kier molecular flexibility index (Phi) is 15.2. The van der Waals surface area contributed by atoms with Crippen LogP contribution in [0.25, 0.3) is 5.57 Å². The summed E-state index contributed by atoms with van der Waals surface area (Å²) in [5, 5.41) is 3.84. The van der Waals surface area contributed by atoms with Gasteiger partial charge in [-0.15, -0.1) is 11.8 Å². The average molecular weight is 961 g/mol. The second-order valence-corrected chi connectivity index (χ2v) is 22.0. The molecule has 1 fully saturated rings. The fraction of sp³-hybridized carbons (Fsp3) is 0.413. The summed E-state index contributed by atoms with van der Waals surface area (Å²) < 4.78 is 80.1. The highest BCUT2D eigenvalue weighted by Crippen LogP contribution is 2.52. The standard InChI is InChI=1S/C46H53Cl2F2N5O5S3/c1-3-53(4-2)25-24-35(31-61-37-10-6-5-7-11-37)51-41-23-22-38(30-42(41)62(57,58)46(48,49)50)63(59,60)52-45(56)33-16-20-36(21-17-33)54-26-28-55(29-27-54)44-39-12-8-9-13-40(44)43(39)32-14-18-34(47)19-15-32/h5-7,10-11,14-23,30,35,39,44,51H,3-4,8-9,12-13,24-29,31H2,1-2H3,(H,52,56)/t35-,39?,44?/m1/s1. The molecule has 1 aliphatic heterocycles. The Morgan fingerprint density at radius 3 is 2.24 bits per heavy atom. The van der Waals surface area contributed by atoms with Crippen LogP contribution in [0.3, 0.4) is 0 Å². The number of amides is 1. The lowest BCUT2D eigenvalue weighted by atomic mass is 9.68. The predicted octanol–water partition coefficient (Wildman–Crippen LogP) is 9.47. The van der Waals surface area contributed by atoms with Crippen LogP contribution in [-0.2, 0) is 19.9 Å². The first-order valence-electron chi connectivity index (χ1n) is 21.4. The van der Waals surface area contributed by atoms with Gasteiger partial charge in [-0.05, 0) is 134 Å². The Balaban J connectivity index is 1.03. The van der Waals surface area contributed by atoms with Gasteiger partial charge in [0.25, 0.3) is 25.8 Å². The van der Waals surface area contributed by atoms with Crippen molar-refractivity contribution < 1.29 is 30.4 Å². The number of fused-ring (bicyclic) bond motifs is 1. The molecular weight excluding hydrogens is 908 g/mol. The highest BCUT2D eigenvalue weighted by Gasteiger charge is 2.47. The van der Waals surface area contributed by atoms with Gasteiger partial charge >= 0.3 is 4.71 Å². The summed E-state index contributed by atoms with van der Waals surface area (Å²) in [6, 6.07) is 27.1. The van der Waals surface area contributed by atoms with Crippen LogP contribution in [0.5, 0.6) is 0 Å². The van der Waals surface area contributed by atoms with Crippen LogP contribution in [-0.4, -0.2) is 101 Å². The molecule has 7 rings (SSSR count). The van der Waals surface area contributed by atoms with Crippen molar-refractivity contribution in [2.45, 2.75) is 77.4 Å². The number of hydrogen-bond donors (Lipinski definition) is 2. The van der Waals surface area contributed by atoms with Crippen LogP contribution in [0.4, 0.5) is 20.2 Å². The van der Waals surface area contributed by atoms with Crippen molar-refractivity contribution in [3.8, 4) is 0 Å². The third-order valence-electron chi connectivity index (χ3n) is 12.4. The minimum Gasteiger partial charge on any atom is -0.380 e. The molecule has 3 atom stereocenters. The predicted molar refractivity (Wildman–Crippen MR) is 250 cm³/mol. The zero-order chi connectivity index (χ0) is 44.9. The van der Waals surface area contributed by atoms with Crippen molar-refractivity contribution in [1.29, 1.82) is 0 Å². The van der Waals surface area contributed by atoms with Crippen molar-refractivity contribution in [2.24, 2.45) is 5.92 Å². The molecule has 10 nitrogen and oxygen atoms in total. The molecular formula is C46H53Cl2F2N5O5S3. The molecule has 3 aliphatic rings. The monoisotopic (exact) mass is 959 g/mol. The van der Waals surface area contributed by atoms with Crippen molar-refractivity contribution in [2.75, 3.05) is 61.8 Å². The van der Waals surface area contributed by atoms with Crippen LogP contribution >= 0.6 is 35.0 Å². The minimum absolute atomic E-state index is 0.0477. The molecule has 338 valence electrons. The summed E-state index contributed by atoms with van der Waals surface area (Å²) >= 11 is 12.8. The molecule has 2 unspecified atom stereocenters. The number of anilines is 2. The molecule has 17 heteroatoms. The number of rotatable bonds is 18. The summed E-state index contributed by atoms with van der Waals surface area (Å²) in [6.45, 7) is 9.56. The summed E-state index contributed by atoms with van der Waals surface area (Å²) in [5.74, 6) is -0.0168. The second kappa shape index (κ2) is 20.2. The maximum Gasteiger partial charge on any atom is 0.427 e. The molecule has 2 bridgehead atoms. The molecule has 63 heavy (non-hydrogen) atoms. The van der Waals surface area contributed by atoms with Crippen molar-refractivity contribution in [1.82, 2.24) is 14.5 Å². The van der Waals surface area contributed by atoms with Crippen LogP contribution < -0.4 is 14.9 Å². The van der Waals surface area contributed by atoms with E-state index in [4.69, 9.17) is 23.2 Å². The quantitative estimate of drug-likeness (QED) is 0.0738. The van der Waals surface area contributed by atoms with E-state index in [1.165, 1.54) is 54.3 Å². The highest BCUT2D eigenvalue weighted by molar-refractivity contribution is 7.99. The van der Waals surface area contributed by atoms with Crippen molar-refractivity contribution in [3.63, 3.8) is 0 Å². The van der Waals surface area contributed by atoms with E-state index >= 15 is 0 Å². The van der Waals surface area contributed by atoms with Crippen molar-refractivity contribution in [3.05, 3.63) is 119 Å². The Morgan fingerprint density at radius 1 is 0.905 bits per heavy atom. The number of benzene rings is 4. The van der Waals surface area contributed by atoms with E-state index in [1.807, 2.05) is 61.0 Å². The van der Waals surface area contributed by atoms with Gasteiger partial charge in [0, 0.05) is 77.6 Å². The molecule has 2 N–H and O–H groups in total. The third-order valence-corrected chi connectivity index (χ3v) is 17.2. The summed E-state index contributed by atoms with van der Waals surface area (Å²) in [7, 11) is -10.4. The minimum atomic E-state index is -5.61. The van der Waals surface area contributed by atoms with Gasteiger partial charge in [-0.1, -0.05) is 62.2 Å². The number of thioether (sulfide) groups is 1. The Morgan fingerprint density at radius 2 is 1.59 bits per heavy atom. The fourth-order valence-electron chi connectivity index (χ4n) is 8.94. The first-order chi connectivity index (χ1) is 30.1. The zero-order valence-electron chi connectivity index (χ0n) is 35.3. The number of sulfonamides is 1. The topological polar surface area (TPSA) is 119 Å². The van der Waals surface area contributed by atoms with Gasteiger partial charge in [0.2, 0.25) is 0 Å². The summed E-state index contributed by atoms with van der Waals surface area (Å²) in [4.78, 5) is 19.6. The average Bonchev–Trinajstić information content (AvgIpc) is 3.63. The van der Waals surface area contributed by atoms with E-state index in [0.717, 1.165) is 73.4 Å². The lowest BCUT2D eigenvalue weighted by Gasteiger charge is -2.50. The number of halogens is 4. The van der Waals surface area contributed by atoms with E-state index < -0.39 is 46.3 Å². The Hall–Kier alpha value is -3.70. The smallest absolute Gasteiger partial charge is 0.380 e. The first kappa shape index (κ1) is 47.3. The molecule has 2 aliphatic carbocycles. The normalized spacial score (nSPS) is 19.1. The van der Waals surface area contributed by atoms with E-state index in [2.05, 4.69) is 32.1 Å². The van der Waals surface area contributed by atoms with E-state index in [9.17, 15) is 30.4 Å². The number of sulfone groups is 1. The lowest BCUT2D eigenvalue weighted by Crippen LogP contribution is -2.56. The van der Waals surface area contributed by atoms with Crippen LogP contribution in [0.2, 0.25) is 5.02 Å². The molecule has 1 heterocycles. The molecule has 0 aromatic heterocycles. The van der Waals surface area contributed by atoms with Crippen molar-refractivity contribution >= 4 is 77.7 Å². The molecule has 4 aromatic rings. The number of carbonyl (C=O) groups excluding carboxylic acids is 1. The second-order valence-electron chi connectivity index (χ2n) is 16.1. The third kappa shape index (κ3) is 10.9. The molecule has 4 aromatic carbocycles. The lowest BCUT2D eigenvalue weighted by molar-refractivity contribution is 0.0981. The number of nitrogens with zero attached hydrogens (tertiary/aromatic N) is 3. The van der Waals surface area contributed by atoms with Gasteiger partial charge in [0.15, 0.2) is 0 Å². The largest absolute Gasteiger partial charge is 0.427 e. The van der Waals surface area contributed by atoms with Crippen LogP contribution in [0, 0.1) is 5.92 Å². The molecule has 0 radical (unpaired) electrons. The van der Waals surface area contributed by atoms with Gasteiger partial charge in [-0.3, -0.25) is 9.69 Å². The first-order valence-corrected chi connectivity index (χ1v) is 26.1. The van der Waals surface area contributed by atoms with E-state index in [1.54, 1.807) is 17.7 Å². The fourth-order valence-corrected chi connectivity index (χ4v) is 12.3. The van der Waals surface area contributed by atoms with Crippen LogP contribution in [0.15, 0.2) is 117 Å². The summed E-state index contributed by atoms with van der Waals surface area (Å²) in [5.41, 5.74) is 5.01. The van der Waals surface area contributed by atoms with E-state index in [-0.39, 0.29) is 11.3 Å². The number of piperazine rings is 1. The van der Waals surface area contributed by atoms with Gasteiger partial charge < -0.3 is 15.1 Å². The van der Waals surface area contributed by atoms with Gasteiger partial charge in [0.05, 0.1) is 15.5 Å². The molecule has 0 saturated carbocycles.